The van der Waals surface area contributed by atoms with Crippen LogP contribution in [0.15, 0.2) is 12.3 Å². The van der Waals surface area contributed by atoms with Gasteiger partial charge in [0.1, 0.15) is 0 Å². The lowest BCUT2D eigenvalue weighted by Crippen LogP contribution is -2.27. The fourth-order valence-electron chi connectivity index (χ4n) is 0.489. The van der Waals surface area contributed by atoms with E-state index in [-0.39, 0.29) is 6.04 Å². The zero-order chi connectivity index (χ0) is 7.98. The smallest absolute Gasteiger partial charge is 0.0557 e. The van der Waals surface area contributed by atoms with Crippen LogP contribution < -0.4 is 9.26 Å². The highest BCUT2D eigenvalue weighted by Gasteiger charge is 2.03. The molecule has 0 aromatic rings. The third-order valence-corrected chi connectivity index (χ3v) is 2.54. The van der Waals surface area contributed by atoms with Gasteiger partial charge in [-0.2, -0.15) is 11.8 Å². The first-order valence-corrected chi connectivity index (χ1v) is 5.49. The summed E-state index contributed by atoms with van der Waals surface area (Å²) in [5.41, 5.74) is 6.65. The van der Waals surface area contributed by atoms with E-state index in [1.54, 1.807) is 11.8 Å². The van der Waals surface area contributed by atoms with Crippen LogP contribution in [0.3, 0.4) is 0 Å². The number of nitrogens with two attached hydrogens (primary N) is 1. The molecule has 0 aliphatic heterocycles. The van der Waals surface area contributed by atoms with Crippen molar-refractivity contribution in [3.05, 3.63) is 12.3 Å². The Morgan fingerprint density at radius 3 is 2.90 bits per heavy atom. The highest BCUT2D eigenvalue weighted by atomic mass is 127. The van der Waals surface area contributed by atoms with Crippen LogP contribution in [-0.4, -0.2) is 18.1 Å². The Hall–Kier alpha value is 0.580. The topological polar surface area (TPSA) is 38.0 Å². The standard InChI is InChI=1S/C6H13IN2S/c1-5(9-7)6(8)3-4-10-2/h6,9H,1,3-4,8H2,2H3/t6-/m0/s1. The van der Waals surface area contributed by atoms with E-state index >= 15 is 0 Å². The van der Waals surface area contributed by atoms with Crippen LogP contribution >= 0.6 is 34.6 Å². The Labute approximate surface area is 80.5 Å². The first kappa shape index (κ1) is 10.6. The largest absolute Gasteiger partial charge is 0.331 e. The van der Waals surface area contributed by atoms with Crippen molar-refractivity contribution < 1.29 is 0 Å². The minimum absolute atomic E-state index is 0.101. The Morgan fingerprint density at radius 1 is 1.90 bits per heavy atom. The van der Waals surface area contributed by atoms with E-state index in [1.807, 2.05) is 22.9 Å². The molecule has 0 fully saturated rings. The number of hydrogen-bond donors (Lipinski definition) is 2. The summed E-state index contributed by atoms with van der Waals surface area (Å²) in [6.07, 6.45) is 3.07. The van der Waals surface area contributed by atoms with Gasteiger partial charge in [-0.1, -0.05) is 6.58 Å². The van der Waals surface area contributed by atoms with Gasteiger partial charge < -0.3 is 9.26 Å². The normalized spacial score (nSPS) is 12.7. The van der Waals surface area contributed by atoms with Gasteiger partial charge in [-0.05, 0) is 18.4 Å². The van der Waals surface area contributed by atoms with E-state index in [2.05, 4.69) is 16.4 Å². The Morgan fingerprint density at radius 2 is 2.50 bits per heavy atom. The molecule has 2 nitrogen and oxygen atoms in total. The summed E-state index contributed by atoms with van der Waals surface area (Å²) in [7, 11) is 0. The molecule has 0 spiro atoms. The lowest BCUT2D eigenvalue weighted by atomic mass is 10.2. The predicted molar refractivity (Wildman–Crippen MR) is 57.3 cm³/mol. The SMILES string of the molecule is C=C(NI)[C@@H](N)CCSC. The fraction of sp³-hybridized carbons (Fsp3) is 0.667. The molecule has 0 bridgehead atoms. The van der Waals surface area contributed by atoms with Crippen LogP contribution in [0.5, 0.6) is 0 Å². The maximum absolute atomic E-state index is 5.73. The number of halogens is 1. The van der Waals surface area contributed by atoms with E-state index in [9.17, 15) is 0 Å². The lowest BCUT2D eigenvalue weighted by Gasteiger charge is -2.11. The molecule has 0 amide bonds. The zero-order valence-electron chi connectivity index (χ0n) is 6.06. The van der Waals surface area contributed by atoms with Gasteiger partial charge in [-0.25, -0.2) is 0 Å². The molecule has 10 heavy (non-hydrogen) atoms. The average Bonchev–Trinajstić information content (AvgIpc) is 1.98. The zero-order valence-corrected chi connectivity index (χ0v) is 9.04. The number of thioether (sulfide) groups is 1. The molecule has 0 unspecified atom stereocenters. The van der Waals surface area contributed by atoms with Crippen LogP contribution in [0.25, 0.3) is 0 Å². The van der Waals surface area contributed by atoms with Crippen LogP contribution in [0.1, 0.15) is 6.42 Å². The van der Waals surface area contributed by atoms with E-state index < -0.39 is 0 Å². The average molecular weight is 272 g/mol. The molecule has 0 radical (unpaired) electrons. The van der Waals surface area contributed by atoms with E-state index in [1.165, 1.54) is 0 Å². The molecule has 0 aliphatic rings. The van der Waals surface area contributed by atoms with Crippen molar-refractivity contribution in [1.29, 1.82) is 0 Å². The molecule has 0 rings (SSSR count). The molecule has 60 valence electrons. The number of nitrogens with one attached hydrogen (secondary N) is 1. The molecule has 0 saturated heterocycles. The molecule has 0 saturated carbocycles. The minimum Gasteiger partial charge on any atom is -0.331 e. The van der Waals surface area contributed by atoms with Crippen molar-refractivity contribution in [2.75, 3.05) is 12.0 Å². The highest BCUT2D eigenvalue weighted by Crippen LogP contribution is 2.04. The summed E-state index contributed by atoms with van der Waals surface area (Å²) in [5, 5.41) is 0. The van der Waals surface area contributed by atoms with Crippen molar-refractivity contribution in [2.45, 2.75) is 12.5 Å². The highest BCUT2D eigenvalue weighted by molar-refractivity contribution is 14.1. The second-order valence-electron chi connectivity index (χ2n) is 2.01. The molecule has 0 aromatic carbocycles. The van der Waals surface area contributed by atoms with Crippen LogP contribution in [0, 0.1) is 0 Å². The summed E-state index contributed by atoms with van der Waals surface area (Å²) < 4.78 is 2.91. The van der Waals surface area contributed by atoms with E-state index in [4.69, 9.17) is 5.73 Å². The van der Waals surface area contributed by atoms with E-state index in [0.717, 1.165) is 17.9 Å². The third kappa shape index (κ3) is 4.40. The van der Waals surface area contributed by atoms with Gasteiger partial charge in [0, 0.05) is 11.7 Å². The van der Waals surface area contributed by atoms with Crippen molar-refractivity contribution in [3.63, 3.8) is 0 Å². The molecule has 0 aromatic heterocycles. The second kappa shape index (κ2) is 6.30. The molecular weight excluding hydrogens is 259 g/mol. The van der Waals surface area contributed by atoms with Crippen LogP contribution in [0.4, 0.5) is 0 Å². The maximum Gasteiger partial charge on any atom is 0.0557 e. The summed E-state index contributed by atoms with van der Waals surface area (Å²) in [6, 6.07) is 0.101. The summed E-state index contributed by atoms with van der Waals surface area (Å²) in [6.45, 7) is 3.77. The summed E-state index contributed by atoms with van der Waals surface area (Å²) in [4.78, 5) is 0. The Balaban J connectivity index is 3.41. The van der Waals surface area contributed by atoms with Gasteiger partial charge in [0.25, 0.3) is 0 Å². The first-order chi connectivity index (χ1) is 4.72. The first-order valence-electron chi connectivity index (χ1n) is 3.02. The van der Waals surface area contributed by atoms with Crippen molar-refractivity contribution in [3.8, 4) is 0 Å². The molecule has 0 aliphatic carbocycles. The number of rotatable bonds is 5. The van der Waals surface area contributed by atoms with Crippen LogP contribution in [-0.2, 0) is 0 Å². The summed E-state index contributed by atoms with van der Waals surface area (Å²) in [5.74, 6) is 1.10. The Kier molecular flexibility index (Phi) is 6.67. The molecule has 4 heteroatoms. The van der Waals surface area contributed by atoms with Crippen molar-refractivity contribution in [2.24, 2.45) is 5.73 Å². The molecule has 3 N–H and O–H groups in total. The fourth-order valence-corrected chi connectivity index (χ4v) is 1.38. The van der Waals surface area contributed by atoms with Gasteiger partial charge in [-0.3, -0.25) is 0 Å². The van der Waals surface area contributed by atoms with E-state index in [0.29, 0.717) is 0 Å². The van der Waals surface area contributed by atoms with Gasteiger partial charge in [0.15, 0.2) is 0 Å². The quantitative estimate of drug-likeness (QED) is 0.588. The third-order valence-electron chi connectivity index (χ3n) is 1.20. The van der Waals surface area contributed by atoms with Gasteiger partial charge >= 0.3 is 0 Å². The Bertz CT molecular complexity index is 108. The van der Waals surface area contributed by atoms with Gasteiger partial charge in [-0.15, -0.1) is 0 Å². The number of hydrogen-bond acceptors (Lipinski definition) is 3. The van der Waals surface area contributed by atoms with Crippen LogP contribution in [0.2, 0.25) is 0 Å². The predicted octanol–water partition coefficient (Wildman–Crippen LogP) is 1.52. The van der Waals surface area contributed by atoms with Crippen molar-refractivity contribution in [1.82, 2.24) is 3.53 Å². The van der Waals surface area contributed by atoms with Crippen molar-refractivity contribution >= 4 is 34.6 Å². The van der Waals surface area contributed by atoms with Gasteiger partial charge in [0.05, 0.1) is 22.9 Å². The summed E-state index contributed by atoms with van der Waals surface area (Å²) >= 11 is 3.85. The maximum atomic E-state index is 5.73. The second-order valence-corrected chi connectivity index (χ2v) is 3.53. The lowest BCUT2D eigenvalue weighted by molar-refractivity contribution is 0.733. The monoisotopic (exact) mass is 272 g/mol. The molecule has 1 atom stereocenters. The minimum atomic E-state index is 0.101. The molecule has 0 heterocycles. The molecular formula is C6H13IN2S. The van der Waals surface area contributed by atoms with Gasteiger partial charge in [0.2, 0.25) is 0 Å².